The van der Waals surface area contributed by atoms with Crippen molar-refractivity contribution < 1.29 is 14.1 Å². The molecule has 0 bridgehead atoms. The number of methoxy groups -OCH3 is 1. The normalized spacial score (nSPS) is 11.1. The van der Waals surface area contributed by atoms with Crippen molar-refractivity contribution in [3.63, 3.8) is 0 Å². The first kappa shape index (κ1) is 14.4. The molecule has 0 spiro atoms. The highest BCUT2D eigenvalue weighted by Gasteiger charge is 2.05. The second kappa shape index (κ2) is 7.63. The van der Waals surface area contributed by atoms with Gasteiger partial charge in [-0.25, -0.2) is 4.21 Å². The topological polar surface area (TPSA) is 46.5 Å². The van der Waals surface area contributed by atoms with Crippen molar-refractivity contribution in [3.8, 4) is 5.75 Å². The lowest BCUT2D eigenvalue weighted by molar-refractivity contribution is 0.399. The van der Waals surface area contributed by atoms with Gasteiger partial charge < -0.3 is 9.84 Å². The van der Waals surface area contributed by atoms with Gasteiger partial charge in [0.2, 0.25) is 0 Å². The van der Waals surface area contributed by atoms with Crippen LogP contribution in [0.2, 0.25) is 0 Å². The van der Waals surface area contributed by atoms with Crippen LogP contribution in [0.25, 0.3) is 0 Å². The van der Waals surface area contributed by atoms with Crippen LogP contribution < -0.4 is 4.74 Å². The lowest BCUT2D eigenvalue weighted by Gasteiger charge is -2.03. The minimum atomic E-state index is -1.11. The van der Waals surface area contributed by atoms with Crippen LogP contribution in [0.1, 0.15) is 0 Å². The van der Waals surface area contributed by atoms with E-state index in [2.05, 4.69) is 0 Å². The van der Waals surface area contributed by atoms with E-state index in [-0.39, 0.29) is 0 Å². The van der Waals surface area contributed by atoms with Gasteiger partial charge in [0.05, 0.1) is 17.9 Å². The maximum absolute atomic E-state index is 12.1. The van der Waals surface area contributed by atoms with Crippen molar-refractivity contribution in [2.24, 2.45) is 0 Å². The van der Waals surface area contributed by atoms with E-state index < -0.39 is 10.8 Å². The van der Waals surface area contributed by atoms with Crippen LogP contribution in [-0.4, -0.2) is 23.5 Å². The predicted molar refractivity (Wildman–Crippen MR) is 72.3 cm³/mol. The third kappa shape index (κ3) is 3.68. The van der Waals surface area contributed by atoms with E-state index >= 15 is 0 Å². The summed E-state index contributed by atoms with van der Waals surface area (Å²) in [6, 6.07) is 16.7. The number of rotatable bonds is 3. The number of hydrogen-bond acceptors (Lipinski definition) is 3. The summed E-state index contributed by atoms with van der Waals surface area (Å²) in [6.07, 6.45) is 0. The van der Waals surface area contributed by atoms with Gasteiger partial charge in [-0.2, -0.15) is 0 Å². The van der Waals surface area contributed by atoms with E-state index in [1.807, 2.05) is 54.6 Å². The van der Waals surface area contributed by atoms with Crippen molar-refractivity contribution in [2.75, 3.05) is 14.2 Å². The molecule has 1 unspecified atom stereocenters. The Hall–Kier alpha value is -1.65. The summed E-state index contributed by atoms with van der Waals surface area (Å²) in [4.78, 5) is 1.60. The molecule has 1 atom stereocenters. The third-order valence-electron chi connectivity index (χ3n) is 2.23. The second-order valence-corrected chi connectivity index (χ2v) is 4.74. The second-order valence-electron chi connectivity index (χ2n) is 3.26. The molecule has 0 aromatic heterocycles. The molecule has 0 fully saturated rings. The highest BCUT2D eigenvalue weighted by atomic mass is 32.2. The van der Waals surface area contributed by atoms with Crippen LogP contribution in [0, 0.1) is 0 Å². The maximum atomic E-state index is 12.1. The van der Waals surface area contributed by atoms with Crippen LogP contribution in [-0.2, 0) is 10.8 Å². The van der Waals surface area contributed by atoms with Gasteiger partial charge in [-0.15, -0.1) is 0 Å². The van der Waals surface area contributed by atoms with Crippen molar-refractivity contribution in [3.05, 3.63) is 54.6 Å². The monoisotopic (exact) mass is 264 g/mol. The molecule has 96 valence electrons. The SMILES string of the molecule is CO.COc1ccc(S(=O)c2ccccc2)cc1. The lowest BCUT2D eigenvalue weighted by atomic mass is 10.3. The number of aliphatic hydroxyl groups excluding tert-OH is 1. The quantitative estimate of drug-likeness (QED) is 0.926. The van der Waals surface area contributed by atoms with E-state index in [1.54, 1.807) is 7.11 Å². The minimum Gasteiger partial charge on any atom is -0.497 e. The van der Waals surface area contributed by atoms with Crippen LogP contribution in [0.15, 0.2) is 64.4 Å². The van der Waals surface area contributed by atoms with Crippen molar-refractivity contribution in [1.29, 1.82) is 0 Å². The van der Waals surface area contributed by atoms with Gasteiger partial charge in [0.25, 0.3) is 0 Å². The van der Waals surface area contributed by atoms with Crippen LogP contribution in [0.5, 0.6) is 5.75 Å². The van der Waals surface area contributed by atoms with E-state index in [1.165, 1.54) is 0 Å². The average molecular weight is 264 g/mol. The third-order valence-corrected chi connectivity index (χ3v) is 3.63. The molecular weight excluding hydrogens is 248 g/mol. The molecule has 0 saturated heterocycles. The van der Waals surface area contributed by atoms with Crippen molar-refractivity contribution in [2.45, 2.75) is 9.79 Å². The molecule has 0 amide bonds. The number of ether oxygens (including phenoxy) is 1. The Labute approximate surface area is 110 Å². The molecule has 1 N–H and O–H groups in total. The Kier molecular flexibility index (Phi) is 6.11. The zero-order valence-corrected chi connectivity index (χ0v) is 11.2. The molecule has 2 aromatic carbocycles. The molecule has 0 saturated carbocycles. The molecule has 0 radical (unpaired) electrons. The summed E-state index contributed by atoms with van der Waals surface area (Å²) in [5.41, 5.74) is 0. The summed E-state index contributed by atoms with van der Waals surface area (Å²) in [6.45, 7) is 0. The highest BCUT2D eigenvalue weighted by molar-refractivity contribution is 7.85. The Morgan fingerprint density at radius 3 is 1.89 bits per heavy atom. The number of benzene rings is 2. The first-order valence-electron chi connectivity index (χ1n) is 5.37. The summed E-state index contributed by atoms with van der Waals surface area (Å²) in [5, 5.41) is 7.00. The standard InChI is InChI=1S/C13H12O2S.CH4O/c1-15-11-7-9-13(10-8-11)16(14)12-5-3-2-4-6-12;1-2/h2-10H,1H3;2H,1H3. The molecule has 0 aliphatic carbocycles. The zero-order chi connectivity index (χ0) is 13.4. The highest BCUT2D eigenvalue weighted by Crippen LogP contribution is 2.18. The molecular formula is C14H16O3S. The fourth-order valence-electron chi connectivity index (χ4n) is 1.38. The zero-order valence-electron chi connectivity index (χ0n) is 10.4. The summed E-state index contributed by atoms with van der Waals surface area (Å²) < 4.78 is 17.2. The van der Waals surface area contributed by atoms with Crippen LogP contribution >= 0.6 is 0 Å². The van der Waals surface area contributed by atoms with Crippen LogP contribution in [0.3, 0.4) is 0 Å². The van der Waals surface area contributed by atoms with Gasteiger partial charge in [0, 0.05) is 16.9 Å². The summed E-state index contributed by atoms with van der Waals surface area (Å²) in [7, 11) is 1.50. The molecule has 4 heteroatoms. The van der Waals surface area contributed by atoms with Gasteiger partial charge >= 0.3 is 0 Å². The molecule has 18 heavy (non-hydrogen) atoms. The molecule has 0 heterocycles. The maximum Gasteiger partial charge on any atom is 0.118 e. The molecule has 3 nitrogen and oxygen atoms in total. The first-order chi connectivity index (χ1) is 8.81. The van der Waals surface area contributed by atoms with Gasteiger partial charge in [0.1, 0.15) is 5.75 Å². The first-order valence-corrected chi connectivity index (χ1v) is 6.52. The Bertz CT molecular complexity index is 480. The van der Waals surface area contributed by atoms with E-state index in [9.17, 15) is 4.21 Å². The molecule has 0 aliphatic rings. The molecule has 2 rings (SSSR count). The van der Waals surface area contributed by atoms with Gasteiger partial charge in [0.15, 0.2) is 0 Å². The number of hydrogen-bond donors (Lipinski definition) is 1. The Morgan fingerprint density at radius 2 is 1.39 bits per heavy atom. The van der Waals surface area contributed by atoms with Gasteiger partial charge in [-0.05, 0) is 36.4 Å². The van der Waals surface area contributed by atoms with E-state index in [0.717, 1.165) is 22.7 Å². The molecule has 2 aromatic rings. The molecule has 0 aliphatic heterocycles. The smallest absolute Gasteiger partial charge is 0.118 e. The average Bonchev–Trinajstić information content (AvgIpc) is 2.49. The predicted octanol–water partition coefficient (Wildman–Crippen LogP) is 2.47. The van der Waals surface area contributed by atoms with Crippen molar-refractivity contribution in [1.82, 2.24) is 0 Å². The van der Waals surface area contributed by atoms with Gasteiger partial charge in [-0.3, -0.25) is 0 Å². The van der Waals surface area contributed by atoms with Gasteiger partial charge in [-0.1, -0.05) is 18.2 Å². The Balaban J connectivity index is 0.000000771. The van der Waals surface area contributed by atoms with Crippen LogP contribution in [0.4, 0.5) is 0 Å². The summed E-state index contributed by atoms with van der Waals surface area (Å²) in [5.74, 6) is 0.772. The fraction of sp³-hybridized carbons (Fsp3) is 0.143. The van der Waals surface area contributed by atoms with Crippen molar-refractivity contribution >= 4 is 10.8 Å². The fourth-order valence-corrected chi connectivity index (χ4v) is 2.44. The minimum absolute atomic E-state index is 0.772. The largest absolute Gasteiger partial charge is 0.497 e. The number of aliphatic hydroxyl groups is 1. The van der Waals surface area contributed by atoms with E-state index in [0.29, 0.717) is 0 Å². The van der Waals surface area contributed by atoms with E-state index in [4.69, 9.17) is 9.84 Å². The summed E-state index contributed by atoms with van der Waals surface area (Å²) >= 11 is 0. The lowest BCUT2D eigenvalue weighted by Crippen LogP contribution is -1.92. The Morgan fingerprint density at radius 1 is 0.889 bits per heavy atom.